The van der Waals surface area contributed by atoms with Crippen LogP contribution in [0.1, 0.15) is 22.7 Å². The molecule has 2 rings (SSSR count). The molecule has 0 aromatic heterocycles. The topological polar surface area (TPSA) is 38.0 Å². The number of hydrogen-bond acceptors (Lipinski definition) is 2. The van der Waals surface area contributed by atoms with Gasteiger partial charge in [0.05, 0.1) is 10.5 Å². The normalized spacial score (nSPS) is 12.5. The average molecular weight is 359 g/mol. The quantitative estimate of drug-likeness (QED) is 0.493. The van der Waals surface area contributed by atoms with Gasteiger partial charge in [0.1, 0.15) is 17.5 Å². The zero-order chi connectivity index (χ0) is 15.6. The molecule has 6 heteroatoms. The van der Waals surface area contributed by atoms with Crippen molar-refractivity contribution < 1.29 is 13.2 Å². The van der Waals surface area contributed by atoms with E-state index in [1.54, 1.807) is 25.1 Å². The van der Waals surface area contributed by atoms with Gasteiger partial charge in [0.2, 0.25) is 0 Å². The minimum absolute atomic E-state index is 0.103. The highest BCUT2D eigenvalue weighted by molar-refractivity contribution is 9.10. The van der Waals surface area contributed by atoms with Crippen LogP contribution in [0.2, 0.25) is 0 Å². The fraction of sp³-hybridized carbons (Fsp3) is 0.200. The highest BCUT2D eigenvalue weighted by Gasteiger charge is 2.21. The van der Waals surface area contributed by atoms with Gasteiger partial charge >= 0.3 is 0 Å². The summed E-state index contributed by atoms with van der Waals surface area (Å²) in [5.74, 6) is 3.61. The summed E-state index contributed by atoms with van der Waals surface area (Å²) in [6.07, 6.45) is -0.103. The number of rotatable bonds is 4. The third-order valence-electron chi connectivity index (χ3n) is 3.35. The molecule has 0 saturated carbocycles. The molecular weight excluding hydrogens is 345 g/mol. The Hall–Kier alpha value is -1.37. The molecule has 112 valence electrons. The number of nitrogens with one attached hydrogen (secondary N) is 1. The van der Waals surface area contributed by atoms with Crippen LogP contribution in [-0.2, 0) is 6.42 Å². The average Bonchev–Trinajstić information content (AvgIpc) is 2.47. The first kappa shape index (κ1) is 16.0. The monoisotopic (exact) mass is 358 g/mol. The third-order valence-corrected chi connectivity index (χ3v) is 3.96. The van der Waals surface area contributed by atoms with Gasteiger partial charge in [0, 0.05) is 11.1 Å². The van der Waals surface area contributed by atoms with Gasteiger partial charge in [0.25, 0.3) is 0 Å². The first-order valence-electron chi connectivity index (χ1n) is 6.29. The second kappa shape index (κ2) is 6.60. The van der Waals surface area contributed by atoms with E-state index in [4.69, 9.17) is 5.84 Å². The van der Waals surface area contributed by atoms with E-state index in [-0.39, 0.29) is 22.0 Å². The van der Waals surface area contributed by atoms with Gasteiger partial charge in [-0.15, -0.1) is 0 Å². The van der Waals surface area contributed by atoms with E-state index in [1.165, 1.54) is 6.07 Å². The van der Waals surface area contributed by atoms with Crippen molar-refractivity contribution in [3.63, 3.8) is 0 Å². The lowest BCUT2D eigenvalue weighted by Gasteiger charge is -2.19. The molecule has 0 aliphatic carbocycles. The molecule has 3 N–H and O–H groups in total. The Balaban J connectivity index is 2.41. The van der Waals surface area contributed by atoms with E-state index in [1.807, 2.05) is 0 Å². The van der Waals surface area contributed by atoms with Crippen molar-refractivity contribution in [3.05, 3.63) is 68.9 Å². The molecule has 0 heterocycles. The van der Waals surface area contributed by atoms with Crippen molar-refractivity contribution >= 4 is 15.9 Å². The second-order valence-electron chi connectivity index (χ2n) is 4.72. The van der Waals surface area contributed by atoms with Crippen LogP contribution in [0.4, 0.5) is 13.2 Å². The van der Waals surface area contributed by atoms with Crippen LogP contribution in [-0.4, -0.2) is 0 Å². The lowest BCUT2D eigenvalue weighted by atomic mass is 9.97. The number of aryl methyl sites for hydroxylation is 1. The van der Waals surface area contributed by atoms with Crippen LogP contribution in [0, 0.1) is 24.4 Å². The maximum Gasteiger partial charge on any atom is 0.143 e. The SMILES string of the molecule is Cc1cccc(C(Cc2c(F)ccc(Br)c2F)NN)c1F. The van der Waals surface area contributed by atoms with Gasteiger partial charge in [-0.05, 0) is 47.0 Å². The molecule has 0 radical (unpaired) electrons. The molecule has 0 aliphatic rings. The maximum atomic E-state index is 14.1. The largest absolute Gasteiger partial charge is 0.271 e. The van der Waals surface area contributed by atoms with Crippen molar-refractivity contribution in [3.8, 4) is 0 Å². The molecule has 0 spiro atoms. The molecule has 1 atom stereocenters. The van der Waals surface area contributed by atoms with E-state index in [2.05, 4.69) is 21.4 Å². The second-order valence-corrected chi connectivity index (χ2v) is 5.58. The van der Waals surface area contributed by atoms with Gasteiger partial charge < -0.3 is 0 Å². The smallest absolute Gasteiger partial charge is 0.143 e. The van der Waals surface area contributed by atoms with Crippen molar-refractivity contribution in [2.45, 2.75) is 19.4 Å². The van der Waals surface area contributed by atoms with Crippen molar-refractivity contribution in [2.24, 2.45) is 5.84 Å². The van der Waals surface area contributed by atoms with Gasteiger partial charge in [-0.1, -0.05) is 18.2 Å². The summed E-state index contributed by atoms with van der Waals surface area (Å²) in [6, 6.07) is 6.54. The Bertz CT molecular complexity index is 662. The Morgan fingerprint density at radius 1 is 1.14 bits per heavy atom. The lowest BCUT2D eigenvalue weighted by molar-refractivity contribution is 0.478. The first-order valence-corrected chi connectivity index (χ1v) is 7.08. The fourth-order valence-electron chi connectivity index (χ4n) is 2.16. The minimum Gasteiger partial charge on any atom is -0.271 e. The molecule has 0 bridgehead atoms. The number of halogens is 4. The zero-order valence-corrected chi connectivity index (χ0v) is 12.8. The third kappa shape index (κ3) is 3.28. The highest BCUT2D eigenvalue weighted by atomic mass is 79.9. The van der Waals surface area contributed by atoms with E-state index >= 15 is 0 Å². The van der Waals surface area contributed by atoms with Crippen LogP contribution < -0.4 is 11.3 Å². The maximum absolute atomic E-state index is 14.1. The Kier molecular flexibility index (Phi) is 5.03. The highest BCUT2D eigenvalue weighted by Crippen LogP contribution is 2.28. The Morgan fingerprint density at radius 2 is 1.86 bits per heavy atom. The molecule has 21 heavy (non-hydrogen) atoms. The Labute approximate surface area is 129 Å². The van der Waals surface area contributed by atoms with E-state index in [9.17, 15) is 13.2 Å². The molecule has 0 aliphatic heterocycles. The van der Waals surface area contributed by atoms with Gasteiger partial charge in [0.15, 0.2) is 0 Å². The van der Waals surface area contributed by atoms with Crippen LogP contribution in [0.25, 0.3) is 0 Å². The first-order chi connectivity index (χ1) is 9.95. The lowest BCUT2D eigenvalue weighted by Crippen LogP contribution is -2.31. The van der Waals surface area contributed by atoms with E-state index in [0.29, 0.717) is 5.56 Å². The molecule has 2 nitrogen and oxygen atoms in total. The van der Waals surface area contributed by atoms with Crippen LogP contribution in [0.5, 0.6) is 0 Å². The predicted octanol–water partition coefficient (Wildman–Crippen LogP) is 3.92. The summed E-state index contributed by atoms with van der Waals surface area (Å²) < 4.78 is 42.1. The molecular formula is C15H14BrF3N2. The van der Waals surface area contributed by atoms with Crippen molar-refractivity contribution in [2.75, 3.05) is 0 Å². The van der Waals surface area contributed by atoms with Crippen molar-refractivity contribution in [1.82, 2.24) is 5.43 Å². The summed E-state index contributed by atoms with van der Waals surface area (Å²) in [6.45, 7) is 1.62. The summed E-state index contributed by atoms with van der Waals surface area (Å²) >= 11 is 3.01. The number of benzene rings is 2. The van der Waals surface area contributed by atoms with Gasteiger partial charge in [-0.3, -0.25) is 11.3 Å². The van der Waals surface area contributed by atoms with Crippen LogP contribution >= 0.6 is 15.9 Å². The summed E-state index contributed by atoms with van der Waals surface area (Å²) in [4.78, 5) is 0. The van der Waals surface area contributed by atoms with E-state index in [0.717, 1.165) is 6.07 Å². The number of hydrogen-bond donors (Lipinski definition) is 2. The standard InChI is InChI=1S/C15H14BrF3N2/c1-8-3-2-4-9(14(8)18)13(21-20)7-10-12(17)6-5-11(16)15(10)19/h2-6,13,21H,7,20H2,1H3. The van der Waals surface area contributed by atoms with Gasteiger partial charge in [-0.2, -0.15) is 0 Å². The molecule has 1 unspecified atom stereocenters. The molecule has 2 aromatic rings. The summed E-state index contributed by atoms with van der Waals surface area (Å²) in [5, 5.41) is 0. The van der Waals surface area contributed by atoms with Crippen LogP contribution in [0.15, 0.2) is 34.8 Å². The minimum atomic E-state index is -0.733. The number of hydrazine groups is 1. The van der Waals surface area contributed by atoms with Gasteiger partial charge in [-0.25, -0.2) is 13.2 Å². The summed E-state index contributed by atoms with van der Waals surface area (Å²) in [7, 11) is 0. The molecule has 0 saturated heterocycles. The van der Waals surface area contributed by atoms with Crippen LogP contribution in [0.3, 0.4) is 0 Å². The molecule has 2 aromatic carbocycles. The summed E-state index contributed by atoms with van der Waals surface area (Å²) in [5.41, 5.74) is 3.00. The number of nitrogens with two attached hydrogens (primary N) is 1. The zero-order valence-electron chi connectivity index (χ0n) is 11.3. The molecule has 0 fully saturated rings. The van der Waals surface area contributed by atoms with Crippen molar-refractivity contribution in [1.29, 1.82) is 0 Å². The molecule has 0 amide bonds. The Morgan fingerprint density at radius 3 is 2.52 bits per heavy atom. The predicted molar refractivity (Wildman–Crippen MR) is 79.0 cm³/mol. The van der Waals surface area contributed by atoms with E-state index < -0.39 is 23.5 Å². The fourth-order valence-corrected chi connectivity index (χ4v) is 2.53.